The zero-order valence-corrected chi connectivity index (χ0v) is 13.1. The van der Waals surface area contributed by atoms with Gasteiger partial charge in [0, 0.05) is 11.8 Å². The average Bonchev–Trinajstić information content (AvgIpc) is 2.84. The lowest BCUT2D eigenvalue weighted by atomic mass is 10.1. The van der Waals surface area contributed by atoms with E-state index in [9.17, 15) is 0 Å². The molecule has 0 radical (unpaired) electrons. The number of thiazole rings is 1. The van der Waals surface area contributed by atoms with Crippen LogP contribution in [0.2, 0.25) is 0 Å². The topological polar surface area (TPSA) is 42.4 Å². The molecule has 2 rings (SSSR count). The number of nitrogens with zero attached hydrogens (tertiary/aromatic N) is 1. The summed E-state index contributed by atoms with van der Waals surface area (Å²) in [6, 6.07) is 4.30. The van der Waals surface area contributed by atoms with Gasteiger partial charge in [-0.2, -0.15) is 0 Å². The average molecular weight is 291 g/mol. The van der Waals surface area contributed by atoms with Crippen molar-refractivity contribution in [2.45, 2.75) is 40.2 Å². The van der Waals surface area contributed by atoms with Gasteiger partial charge < -0.3 is 9.84 Å². The summed E-state index contributed by atoms with van der Waals surface area (Å²) < 4.78 is 5.90. The number of hydrogen-bond acceptors (Lipinski definition) is 4. The van der Waals surface area contributed by atoms with Crippen molar-refractivity contribution in [2.75, 3.05) is 6.61 Å². The first-order valence-corrected chi connectivity index (χ1v) is 7.73. The number of hydrogen-bond donors (Lipinski definition) is 1. The Kier molecular flexibility index (Phi) is 5.15. The van der Waals surface area contributed by atoms with Gasteiger partial charge in [-0.15, -0.1) is 11.3 Å². The number of ether oxygens (including phenoxy) is 1. The minimum absolute atomic E-state index is 0.0226. The maximum Gasteiger partial charge on any atom is 0.125 e. The summed E-state index contributed by atoms with van der Waals surface area (Å²) in [6.45, 7) is 6.99. The van der Waals surface area contributed by atoms with E-state index in [2.05, 4.69) is 37.9 Å². The fourth-order valence-corrected chi connectivity index (χ4v) is 3.16. The van der Waals surface area contributed by atoms with Crippen LogP contribution in [0.4, 0.5) is 0 Å². The summed E-state index contributed by atoms with van der Waals surface area (Å²) in [4.78, 5) is 4.33. The molecule has 3 nitrogen and oxygen atoms in total. The van der Waals surface area contributed by atoms with Crippen molar-refractivity contribution in [1.82, 2.24) is 4.98 Å². The van der Waals surface area contributed by atoms with Crippen molar-refractivity contribution in [3.8, 4) is 5.75 Å². The van der Waals surface area contributed by atoms with E-state index < -0.39 is 0 Å². The predicted molar refractivity (Wildman–Crippen MR) is 82.5 cm³/mol. The Morgan fingerprint density at radius 2 is 1.90 bits per heavy atom. The number of aliphatic hydroxyl groups is 1. The molecule has 20 heavy (non-hydrogen) atoms. The van der Waals surface area contributed by atoms with Crippen LogP contribution in [0.3, 0.4) is 0 Å². The normalized spacial score (nSPS) is 10.8. The second-order valence-corrected chi connectivity index (χ2v) is 6.01. The van der Waals surface area contributed by atoms with Gasteiger partial charge in [-0.1, -0.05) is 17.7 Å². The maximum atomic E-state index is 8.97. The van der Waals surface area contributed by atoms with Crippen molar-refractivity contribution < 1.29 is 9.84 Å². The van der Waals surface area contributed by atoms with Crippen molar-refractivity contribution >= 4 is 11.3 Å². The summed E-state index contributed by atoms with van der Waals surface area (Å²) in [5, 5.41) is 11.9. The highest BCUT2D eigenvalue weighted by atomic mass is 32.1. The third kappa shape index (κ3) is 3.81. The number of aliphatic hydroxyl groups excluding tert-OH is 1. The SMILES string of the molecule is Cc1cc(C)c(OCCCc2nc(CO)cs2)c(C)c1. The maximum absolute atomic E-state index is 8.97. The van der Waals surface area contributed by atoms with Crippen molar-refractivity contribution in [3.63, 3.8) is 0 Å². The molecule has 0 bridgehead atoms. The van der Waals surface area contributed by atoms with Crippen LogP contribution in [0, 0.1) is 20.8 Å². The quantitative estimate of drug-likeness (QED) is 0.827. The molecule has 2 aromatic rings. The monoisotopic (exact) mass is 291 g/mol. The minimum atomic E-state index is 0.0226. The molecule has 1 aromatic carbocycles. The lowest BCUT2D eigenvalue weighted by Gasteiger charge is -2.12. The molecule has 0 aliphatic heterocycles. The van der Waals surface area contributed by atoms with Gasteiger partial charge in [0.2, 0.25) is 0 Å². The van der Waals surface area contributed by atoms with E-state index in [1.54, 1.807) is 11.3 Å². The summed E-state index contributed by atoms with van der Waals surface area (Å²) in [5.74, 6) is 1.01. The second kappa shape index (κ2) is 6.86. The number of rotatable bonds is 6. The molecular weight excluding hydrogens is 270 g/mol. The van der Waals surface area contributed by atoms with Gasteiger partial charge >= 0.3 is 0 Å². The summed E-state index contributed by atoms with van der Waals surface area (Å²) in [7, 11) is 0. The molecule has 1 N–H and O–H groups in total. The van der Waals surface area contributed by atoms with Crippen molar-refractivity contribution in [1.29, 1.82) is 0 Å². The third-order valence-corrected chi connectivity index (χ3v) is 4.10. The summed E-state index contributed by atoms with van der Waals surface area (Å²) in [6.07, 6.45) is 1.83. The van der Waals surface area contributed by atoms with E-state index in [1.165, 1.54) is 16.7 Å². The minimum Gasteiger partial charge on any atom is -0.493 e. The molecule has 0 spiro atoms. The molecule has 0 amide bonds. The molecule has 0 atom stereocenters. The Hall–Kier alpha value is -1.39. The smallest absolute Gasteiger partial charge is 0.125 e. The van der Waals surface area contributed by atoms with Crippen molar-refractivity contribution in [3.05, 3.63) is 44.9 Å². The van der Waals surface area contributed by atoms with Crippen LogP contribution in [-0.2, 0) is 13.0 Å². The second-order valence-electron chi connectivity index (χ2n) is 5.07. The molecule has 0 saturated heterocycles. The Morgan fingerprint density at radius 1 is 1.20 bits per heavy atom. The summed E-state index contributed by atoms with van der Waals surface area (Å²) in [5.41, 5.74) is 4.42. The first-order valence-electron chi connectivity index (χ1n) is 6.85. The van der Waals surface area contributed by atoms with Gasteiger partial charge in [-0.3, -0.25) is 0 Å². The standard InChI is InChI=1S/C16H21NO2S/c1-11-7-12(2)16(13(3)8-11)19-6-4-5-15-17-14(9-18)10-20-15/h7-8,10,18H,4-6,9H2,1-3H3. The molecule has 4 heteroatoms. The first-order chi connectivity index (χ1) is 9.60. The number of aromatic nitrogens is 1. The largest absolute Gasteiger partial charge is 0.493 e. The Balaban J connectivity index is 1.84. The van der Waals surface area contributed by atoms with E-state index in [0.717, 1.165) is 29.3 Å². The van der Waals surface area contributed by atoms with E-state index in [-0.39, 0.29) is 6.61 Å². The van der Waals surface area contributed by atoms with Crippen LogP contribution in [-0.4, -0.2) is 16.7 Å². The van der Waals surface area contributed by atoms with Gasteiger partial charge in [-0.25, -0.2) is 4.98 Å². The lowest BCUT2D eigenvalue weighted by Crippen LogP contribution is -2.02. The zero-order chi connectivity index (χ0) is 14.5. The van der Waals surface area contributed by atoms with E-state index in [0.29, 0.717) is 6.61 Å². The Bertz CT molecular complexity index is 555. The number of aryl methyl sites for hydroxylation is 4. The molecule has 1 heterocycles. The molecule has 0 unspecified atom stereocenters. The third-order valence-electron chi connectivity index (χ3n) is 3.15. The fourth-order valence-electron chi connectivity index (χ4n) is 2.33. The van der Waals surface area contributed by atoms with Gasteiger partial charge in [0.1, 0.15) is 5.75 Å². The van der Waals surface area contributed by atoms with Crippen LogP contribution >= 0.6 is 11.3 Å². The molecule has 0 aliphatic rings. The Labute approximate surface area is 124 Å². The molecular formula is C16H21NO2S. The van der Waals surface area contributed by atoms with Crippen LogP contribution in [0.15, 0.2) is 17.5 Å². The molecule has 0 aliphatic carbocycles. The van der Waals surface area contributed by atoms with Gasteiger partial charge in [0.05, 0.1) is 23.9 Å². The lowest BCUT2D eigenvalue weighted by molar-refractivity contribution is 0.277. The highest BCUT2D eigenvalue weighted by Crippen LogP contribution is 2.24. The van der Waals surface area contributed by atoms with Gasteiger partial charge in [0.15, 0.2) is 0 Å². The molecule has 0 saturated carbocycles. The van der Waals surface area contributed by atoms with Crippen LogP contribution in [0.1, 0.15) is 33.8 Å². The fraction of sp³-hybridized carbons (Fsp3) is 0.438. The molecule has 0 fully saturated rings. The highest BCUT2D eigenvalue weighted by Gasteiger charge is 2.06. The molecule has 108 valence electrons. The van der Waals surface area contributed by atoms with Crippen LogP contribution in [0.25, 0.3) is 0 Å². The number of benzene rings is 1. The Morgan fingerprint density at radius 3 is 2.50 bits per heavy atom. The van der Waals surface area contributed by atoms with Crippen molar-refractivity contribution in [2.24, 2.45) is 0 Å². The first kappa shape index (κ1) is 15.0. The highest BCUT2D eigenvalue weighted by molar-refractivity contribution is 7.09. The zero-order valence-electron chi connectivity index (χ0n) is 12.3. The van der Waals surface area contributed by atoms with E-state index in [1.807, 2.05) is 5.38 Å². The van der Waals surface area contributed by atoms with Gasteiger partial charge in [-0.05, 0) is 38.3 Å². The van der Waals surface area contributed by atoms with Crippen LogP contribution in [0.5, 0.6) is 5.75 Å². The summed E-state index contributed by atoms with van der Waals surface area (Å²) >= 11 is 1.60. The van der Waals surface area contributed by atoms with Gasteiger partial charge in [0.25, 0.3) is 0 Å². The van der Waals surface area contributed by atoms with E-state index in [4.69, 9.17) is 9.84 Å². The predicted octanol–water partition coefficient (Wildman–Crippen LogP) is 3.57. The molecule has 1 aromatic heterocycles. The van der Waals surface area contributed by atoms with Crippen LogP contribution < -0.4 is 4.74 Å². The van der Waals surface area contributed by atoms with E-state index >= 15 is 0 Å².